The summed E-state index contributed by atoms with van der Waals surface area (Å²) in [4.78, 5) is 38.5. The summed E-state index contributed by atoms with van der Waals surface area (Å²) < 4.78 is 10.6. The molecule has 24 heavy (non-hydrogen) atoms. The predicted molar refractivity (Wildman–Crippen MR) is 86.7 cm³/mol. The van der Waals surface area contributed by atoms with Crippen LogP contribution in [0.5, 0.6) is 0 Å². The second-order valence-corrected chi connectivity index (χ2v) is 7.89. The Kier molecular flexibility index (Phi) is 6.08. The van der Waals surface area contributed by atoms with E-state index in [0.29, 0.717) is 0 Å². The van der Waals surface area contributed by atoms with Gasteiger partial charge in [-0.2, -0.15) is 0 Å². The number of hydrogen-bond acceptors (Lipinski definition) is 5. The van der Waals surface area contributed by atoms with Crippen molar-refractivity contribution in [2.75, 3.05) is 26.2 Å². The van der Waals surface area contributed by atoms with Gasteiger partial charge in [0, 0.05) is 26.2 Å². The summed E-state index contributed by atoms with van der Waals surface area (Å²) in [7, 11) is 0. The molecule has 1 aliphatic rings. The van der Waals surface area contributed by atoms with E-state index in [1.807, 2.05) is 0 Å². The monoisotopic (exact) mass is 344 g/mol. The van der Waals surface area contributed by atoms with Crippen molar-refractivity contribution in [3.05, 3.63) is 0 Å². The Hall–Kier alpha value is -1.99. The van der Waals surface area contributed by atoms with Gasteiger partial charge in [0.2, 0.25) is 0 Å². The molecule has 0 aromatic carbocycles. The molecule has 8 heteroatoms. The minimum absolute atomic E-state index is 0.0104. The third-order valence-corrected chi connectivity index (χ3v) is 3.17. The molecule has 0 spiro atoms. The first-order chi connectivity index (χ1) is 10.8. The molecule has 1 heterocycles. The van der Waals surface area contributed by atoms with E-state index in [2.05, 4.69) is 0 Å². The van der Waals surface area contributed by atoms with E-state index in [1.165, 1.54) is 9.80 Å². The van der Waals surface area contributed by atoms with E-state index in [4.69, 9.17) is 9.47 Å². The summed E-state index contributed by atoms with van der Waals surface area (Å²) in [6.45, 7) is 10.8. The highest BCUT2D eigenvalue weighted by Gasteiger charge is 2.35. The van der Waals surface area contributed by atoms with Gasteiger partial charge < -0.3 is 24.4 Å². The maximum absolute atomic E-state index is 12.2. The normalized spacial score (nSPS) is 17.2. The topological polar surface area (TPSA) is 96.4 Å². The Morgan fingerprint density at radius 1 is 0.833 bits per heavy atom. The van der Waals surface area contributed by atoms with Gasteiger partial charge in [-0.3, -0.25) is 4.79 Å². The van der Waals surface area contributed by atoms with Crippen molar-refractivity contribution < 1.29 is 29.0 Å². The Bertz CT molecular complexity index is 454. The number of ether oxygens (including phenoxy) is 2. The van der Waals surface area contributed by atoms with Crippen LogP contribution in [0.15, 0.2) is 0 Å². The average Bonchev–Trinajstić information content (AvgIpc) is 2.57. The first-order valence-corrected chi connectivity index (χ1v) is 7.97. The van der Waals surface area contributed by atoms with Crippen LogP contribution in [-0.2, 0) is 14.3 Å². The molecular weight excluding hydrogens is 316 g/mol. The maximum atomic E-state index is 12.2. The molecule has 0 aromatic rings. The summed E-state index contributed by atoms with van der Waals surface area (Å²) in [5, 5.41) is 9.37. The van der Waals surface area contributed by atoms with Crippen molar-refractivity contribution in [1.82, 2.24) is 9.80 Å². The summed E-state index contributed by atoms with van der Waals surface area (Å²) in [6, 6.07) is 0. The van der Waals surface area contributed by atoms with Crippen molar-refractivity contribution in [3.8, 4) is 0 Å². The molecule has 0 aliphatic carbocycles. The first kappa shape index (κ1) is 20.1. The number of amides is 2. The molecule has 1 N–H and O–H groups in total. The van der Waals surface area contributed by atoms with Crippen molar-refractivity contribution in [1.29, 1.82) is 0 Å². The number of carboxylic acid groups (broad SMARTS) is 1. The molecule has 0 radical (unpaired) electrons. The van der Waals surface area contributed by atoms with Crippen LogP contribution >= 0.6 is 0 Å². The highest BCUT2D eigenvalue weighted by Crippen LogP contribution is 2.17. The van der Waals surface area contributed by atoms with E-state index in [1.54, 1.807) is 41.5 Å². The summed E-state index contributed by atoms with van der Waals surface area (Å²) in [5.74, 6) is -1.97. The molecule has 0 atom stereocenters. The fourth-order valence-electron chi connectivity index (χ4n) is 2.15. The first-order valence-electron chi connectivity index (χ1n) is 7.97. The van der Waals surface area contributed by atoms with Crippen molar-refractivity contribution >= 4 is 18.2 Å². The van der Waals surface area contributed by atoms with Gasteiger partial charge in [0.15, 0.2) is 0 Å². The lowest BCUT2D eigenvalue weighted by Crippen LogP contribution is -2.41. The van der Waals surface area contributed by atoms with Gasteiger partial charge in [-0.25, -0.2) is 9.59 Å². The van der Waals surface area contributed by atoms with Gasteiger partial charge in [0.05, 0.1) is 5.92 Å². The second kappa shape index (κ2) is 7.27. The summed E-state index contributed by atoms with van der Waals surface area (Å²) in [6.07, 6.45) is -1.17. The molecule has 0 unspecified atom stereocenters. The molecule has 0 bridgehead atoms. The van der Waals surface area contributed by atoms with Crippen LogP contribution < -0.4 is 0 Å². The van der Waals surface area contributed by atoms with Gasteiger partial charge >= 0.3 is 18.2 Å². The van der Waals surface area contributed by atoms with Crippen LogP contribution in [-0.4, -0.2) is 70.4 Å². The average molecular weight is 344 g/mol. The van der Waals surface area contributed by atoms with E-state index < -0.39 is 35.3 Å². The van der Waals surface area contributed by atoms with E-state index >= 15 is 0 Å². The van der Waals surface area contributed by atoms with Crippen LogP contribution in [0.3, 0.4) is 0 Å². The van der Waals surface area contributed by atoms with Crippen molar-refractivity contribution in [3.63, 3.8) is 0 Å². The van der Waals surface area contributed by atoms with Crippen LogP contribution in [0.4, 0.5) is 9.59 Å². The largest absolute Gasteiger partial charge is 0.481 e. The lowest BCUT2D eigenvalue weighted by molar-refractivity contribution is -0.142. The highest BCUT2D eigenvalue weighted by atomic mass is 16.6. The zero-order valence-electron chi connectivity index (χ0n) is 15.3. The lowest BCUT2D eigenvalue weighted by atomic mass is 10.1. The number of hydrogen-bond donors (Lipinski definition) is 1. The molecule has 1 saturated heterocycles. The van der Waals surface area contributed by atoms with Gasteiger partial charge in [-0.1, -0.05) is 0 Å². The number of aliphatic carboxylic acids is 1. The van der Waals surface area contributed by atoms with Crippen LogP contribution in [0.1, 0.15) is 41.5 Å². The zero-order chi connectivity index (χ0) is 18.7. The maximum Gasteiger partial charge on any atom is 0.410 e. The molecular formula is C16H28N2O6. The van der Waals surface area contributed by atoms with E-state index in [9.17, 15) is 19.5 Å². The van der Waals surface area contributed by atoms with Gasteiger partial charge in [0.1, 0.15) is 11.2 Å². The number of rotatable bonds is 1. The lowest BCUT2D eigenvalue weighted by Gasteiger charge is -2.27. The summed E-state index contributed by atoms with van der Waals surface area (Å²) >= 11 is 0. The fourth-order valence-corrected chi connectivity index (χ4v) is 2.15. The molecule has 8 nitrogen and oxygen atoms in total. The predicted octanol–water partition coefficient (Wildman–Crippen LogP) is 2.17. The molecule has 0 aromatic heterocycles. The number of carbonyl (C=O) groups excluding carboxylic acids is 2. The molecule has 1 aliphatic heterocycles. The fraction of sp³-hybridized carbons (Fsp3) is 0.812. The number of nitrogens with zero attached hydrogens (tertiary/aromatic N) is 2. The number of carboxylic acids is 1. The van der Waals surface area contributed by atoms with Gasteiger partial charge in [-0.05, 0) is 41.5 Å². The number of carbonyl (C=O) groups is 3. The zero-order valence-corrected chi connectivity index (χ0v) is 15.3. The second-order valence-electron chi connectivity index (χ2n) is 7.89. The van der Waals surface area contributed by atoms with Crippen LogP contribution in [0.25, 0.3) is 0 Å². The molecule has 1 fully saturated rings. The third kappa shape index (κ3) is 6.64. The van der Waals surface area contributed by atoms with Gasteiger partial charge in [0.25, 0.3) is 0 Å². The highest BCUT2D eigenvalue weighted by molar-refractivity contribution is 5.75. The van der Waals surface area contributed by atoms with Crippen molar-refractivity contribution in [2.45, 2.75) is 52.7 Å². The molecule has 138 valence electrons. The van der Waals surface area contributed by atoms with Gasteiger partial charge in [-0.15, -0.1) is 0 Å². The molecule has 2 amide bonds. The Labute approximate surface area is 142 Å². The standard InChI is InChI=1S/C16H28N2O6/c1-15(2,3)23-13(21)17-7-8-18(10-11(9-17)12(19)20)14(22)24-16(4,5)6/h11H,7-10H2,1-6H3,(H,19,20). The van der Waals surface area contributed by atoms with Crippen LogP contribution in [0.2, 0.25) is 0 Å². The Morgan fingerprint density at radius 3 is 1.42 bits per heavy atom. The molecule has 0 saturated carbocycles. The molecule has 1 rings (SSSR count). The summed E-state index contributed by atoms with van der Waals surface area (Å²) in [5.41, 5.74) is -1.35. The smallest absolute Gasteiger partial charge is 0.410 e. The Balaban J connectivity index is 2.86. The SMILES string of the molecule is CC(C)(C)OC(=O)N1CCN(C(=O)OC(C)(C)C)CC(C(=O)O)C1. The quantitative estimate of drug-likeness (QED) is 0.783. The minimum atomic E-state index is -1.07. The van der Waals surface area contributed by atoms with Crippen molar-refractivity contribution in [2.24, 2.45) is 5.92 Å². The van der Waals surface area contributed by atoms with E-state index in [0.717, 1.165) is 0 Å². The Morgan fingerprint density at radius 2 is 1.17 bits per heavy atom. The van der Waals surface area contributed by atoms with Crippen LogP contribution in [0, 0.1) is 5.92 Å². The van der Waals surface area contributed by atoms with E-state index in [-0.39, 0.29) is 26.2 Å². The minimum Gasteiger partial charge on any atom is -0.481 e. The third-order valence-electron chi connectivity index (χ3n) is 3.17.